The first-order valence-electron chi connectivity index (χ1n) is 6.55. The highest BCUT2D eigenvalue weighted by Crippen LogP contribution is 2.29. The number of nitrogens with zero attached hydrogens (tertiary/aromatic N) is 1. The van der Waals surface area contributed by atoms with Gasteiger partial charge < -0.3 is 4.74 Å². The van der Waals surface area contributed by atoms with Crippen LogP contribution in [0.25, 0.3) is 0 Å². The van der Waals surface area contributed by atoms with Crippen molar-refractivity contribution < 1.29 is 13.2 Å². The molecule has 1 aromatic rings. The second-order valence-corrected chi connectivity index (χ2v) is 6.86. The predicted octanol–water partition coefficient (Wildman–Crippen LogP) is 1.70. The highest BCUT2D eigenvalue weighted by Gasteiger charge is 2.20. The Kier molecular flexibility index (Phi) is 4.76. The summed E-state index contributed by atoms with van der Waals surface area (Å²) in [4.78, 5) is 4.04. The Bertz CT molecular complexity index is 495. The molecule has 1 saturated carbocycles. The summed E-state index contributed by atoms with van der Waals surface area (Å²) < 4.78 is 31.2. The summed E-state index contributed by atoms with van der Waals surface area (Å²) in [7, 11) is -1.63. The largest absolute Gasteiger partial charge is 0.481 e. The quantitative estimate of drug-likeness (QED) is 0.827. The topological polar surface area (TPSA) is 68.3 Å². The molecule has 1 aliphatic rings. The van der Waals surface area contributed by atoms with E-state index in [9.17, 15) is 8.42 Å². The van der Waals surface area contributed by atoms with E-state index in [-0.39, 0.29) is 12.3 Å². The number of nitrogens with one attached hydrogen (secondary N) is 1. The molecule has 19 heavy (non-hydrogen) atoms. The Balaban J connectivity index is 1.78. The maximum absolute atomic E-state index is 11.8. The van der Waals surface area contributed by atoms with Gasteiger partial charge in [-0.25, -0.2) is 18.1 Å². The molecule has 6 heteroatoms. The van der Waals surface area contributed by atoms with Crippen LogP contribution < -0.4 is 9.46 Å². The average Bonchev–Trinajstić information content (AvgIpc) is 2.35. The highest BCUT2D eigenvalue weighted by atomic mass is 32.2. The lowest BCUT2D eigenvalue weighted by Gasteiger charge is -2.24. The summed E-state index contributed by atoms with van der Waals surface area (Å²) >= 11 is 0. The number of pyridine rings is 1. The number of hydrogen-bond donors (Lipinski definition) is 1. The fourth-order valence-electron chi connectivity index (χ4n) is 2.00. The van der Waals surface area contributed by atoms with E-state index >= 15 is 0 Å². The molecule has 0 aromatic carbocycles. The minimum absolute atomic E-state index is 0.223. The molecule has 0 aliphatic heterocycles. The molecule has 1 N–H and O–H groups in total. The minimum Gasteiger partial charge on any atom is -0.481 e. The van der Waals surface area contributed by atoms with Crippen molar-refractivity contribution in [2.24, 2.45) is 5.92 Å². The lowest BCUT2D eigenvalue weighted by atomic mass is 9.84. The fourth-order valence-corrected chi connectivity index (χ4v) is 3.18. The number of methoxy groups -OCH3 is 1. The third-order valence-corrected chi connectivity index (χ3v) is 4.88. The number of ether oxygens (including phenoxy) is 1. The Morgan fingerprint density at radius 3 is 2.74 bits per heavy atom. The van der Waals surface area contributed by atoms with Crippen LogP contribution in [0.1, 0.15) is 31.2 Å². The van der Waals surface area contributed by atoms with Crippen LogP contribution in [-0.2, 0) is 16.6 Å². The molecule has 5 nitrogen and oxygen atoms in total. The second-order valence-electron chi connectivity index (χ2n) is 4.93. The van der Waals surface area contributed by atoms with Crippen LogP contribution in [0.2, 0.25) is 0 Å². The molecule has 1 fully saturated rings. The second kappa shape index (κ2) is 6.34. The normalized spacial score (nSPS) is 16.1. The number of rotatable bonds is 7. The molecule has 1 heterocycles. The van der Waals surface area contributed by atoms with E-state index in [0.717, 1.165) is 12.0 Å². The standard InChI is InChI=1S/C13H20N2O3S/c1-18-13-6-5-12(9-14-13)10-15-19(16,17)8-7-11-3-2-4-11/h5-6,9,11,15H,2-4,7-8,10H2,1H3. The van der Waals surface area contributed by atoms with E-state index in [0.29, 0.717) is 11.8 Å². The van der Waals surface area contributed by atoms with E-state index < -0.39 is 10.0 Å². The minimum atomic E-state index is -3.18. The van der Waals surface area contributed by atoms with E-state index in [1.165, 1.54) is 19.3 Å². The van der Waals surface area contributed by atoms with Gasteiger partial charge in [-0.3, -0.25) is 0 Å². The monoisotopic (exact) mass is 284 g/mol. The maximum atomic E-state index is 11.8. The van der Waals surface area contributed by atoms with Gasteiger partial charge in [0.1, 0.15) is 0 Å². The Labute approximate surface area is 114 Å². The van der Waals surface area contributed by atoms with Crippen molar-refractivity contribution in [2.75, 3.05) is 12.9 Å². The molecule has 0 amide bonds. The number of hydrogen-bond acceptors (Lipinski definition) is 4. The van der Waals surface area contributed by atoms with Crippen molar-refractivity contribution in [3.05, 3.63) is 23.9 Å². The van der Waals surface area contributed by atoms with Crippen LogP contribution in [0, 0.1) is 5.92 Å². The van der Waals surface area contributed by atoms with Crippen molar-refractivity contribution in [3.8, 4) is 5.88 Å². The molecule has 0 spiro atoms. The first-order chi connectivity index (χ1) is 9.09. The molecule has 106 valence electrons. The van der Waals surface area contributed by atoms with Gasteiger partial charge in [0.15, 0.2) is 0 Å². The molecule has 0 bridgehead atoms. The van der Waals surface area contributed by atoms with Crippen LogP contribution >= 0.6 is 0 Å². The zero-order chi connectivity index (χ0) is 13.7. The van der Waals surface area contributed by atoms with Crippen LogP contribution in [0.4, 0.5) is 0 Å². The summed E-state index contributed by atoms with van der Waals surface area (Å²) in [6.07, 6.45) is 6.00. The van der Waals surface area contributed by atoms with Crippen molar-refractivity contribution in [1.82, 2.24) is 9.71 Å². The van der Waals surface area contributed by atoms with Crippen LogP contribution in [0.15, 0.2) is 18.3 Å². The maximum Gasteiger partial charge on any atom is 0.212 e. The molecule has 1 aromatic heterocycles. The average molecular weight is 284 g/mol. The third kappa shape index (κ3) is 4.47. The summed E-state index contributed by atoms with van der Waals surface area (Å²) in [6.45, 7) is 0.282. The van der Waals surface area contributed by atoms with E-state index in [2.05, 4.69) is 9.71 Å². The Morgan fingerprint density at radius 1 is 1.42 bits per heavy atom. The zero-order valence-corrected chi connectivity index (χ0v) is 11.9. The van der Waals surface area contributed by atoms with Crippen molar-refractivity contribution in [2.45, 2.75) is 32.2 Å². The van der Waals surface area contributed by atoms with Crippen LogP contribution in [0.5, 0.6) is 5.88 Å². The molecule has 0 unspecified atom stereocenters. The Morgan fingerprint density at radius 2 is 2.21 bits per heavy atom. The smallest absolute Gasteiger partial charge is 0.212 e. The lowest BCUT2D eigenvalue weighted by Crippen LogP contribution is -2.28. The van der Waals surface area contributed by atoms with E-state index in [1.54, 1.807) is 25.4 Å². The molecule has 2 rings (SSSR count). The first kappa shape index (κ1) is 14.3. The number of sulfonamides is 1. The Hall–Kier alpha value is -1.14. The summed E-state index contributed by atoms with van der Waals surface area (Å²) in [6, 6.07) is 3.53. The van der Waals surface area contributed by atoms with Gasteiger partial charge in [-0.15, -0.1) is 0 Å². The number of aromatic nitrogens is 1. The molecule has 0 saturated heterocycles. The molecular weight excluding hydrogens is 264 g/mol. The van der Waals surface area contributed by atoms with Gasteiger partial charge in [-0.05, 0) is 17.9 Å². The van der Waals surface area contributed by atoms with Gasteiger partial charge in [0.25, 0.3) is 0 Å². The van der Waals surface area contributed by atoms with Gasteiger partial charge in [0.05, 0.1) is 12.9 Å². The fraction of sp³-hybridized carbons (Fsp3) is 0.615. The van der Waals surface area contributed by atoms with E-state index in [4.69, 9.17) is 4.74 Å². The molecule has 1 aliphatic carbocycles. The summed E-state index contributed by atoms with van der Waals surface area (Å²) in [5.41, 5.74) is 0.827. The summed E-state index contributed by atoms with van der Waals surface area (Å²) in [5, 5.41) is 0. The van der Waals surface area contributed by atoms with Gasteiger partial charge in [-0.1, -0.05) is 25.3 Å². The van der Waals surface area contributed by atoms with Gasteiger partial charge >= 0.3 is 0 Å². The third-order valence-electron chi connectivity index (χ3n) is 3.52. The van der Waals surface area contributed by atoms with Gasteiger partial charge in [-0.2, -0.15) is 0 Å². The van der Waals surface area contributed by atoms with Crippen LogP contribution in [-0.4, -0.2) is 26.3 Å². The van der Waals surface area contributed by atoms with Gasteiger partial charge in [0, 0.05) is 18.8 Å². The zero-order valence-electron chi connectivity index (χ0n) is 11.1. The van der Waals surface area contributed by atoms with E-state index in [1.807, 2.05) is 0 Å². The highest BCUT2D eigenvalue weighted by molar-refractivity contribution is 7.89. The molecule has 0 atom stereocenters. The van der Waals surface area contributed by atoms with Crippen LogP contribution in [0.3, 0.4) is 0 Å². The van der Waals surface area contributed by atoms with Gasteiger partial charge in [0.2, 0.25) is 15.9 Å². The van der Waals surface area contributed by atoms with Crippen molar-refractivity contribution >= 4 is 10.0 Å². The van der Waals surface area contributed by atoms with Crippen molar-refractivity contribution in [1.29, 1.82) is 0 Å². The van der Waals surface area contributed by atoms with Crippen molar-refractivity contribution in [3.63, 3.8) is 0 Å². The lowest BCUT2D eigenvalue weighted by molar-refractivity contribution is 0.307. The SMILES string of the molecule is COc1ccc(CNS(=O)(=O)CCC2CCC2)cn1. The summed E-state index contributed by atoms with van der Waals surface area (Å²) in [5.74, 6) is 1.36. The molecular formula is C13H20N2O3S. The first-order valence-corrected chi connectivity index (χ1v) is 8.20. The molecule has 0 radical (unpaired) electrons. The predicted molar refractivity (Wildman–Crippen MR) is 73.4 cm³/mol.